The van der Waals surface area contributed by atoms with Crippen LogP contribution in [0.4, 0.5) is 0 Å². The molecule has 5 heteroatoms. The molecule has 0 atom stereocenters. The van der Waals surface area contributed by atoms with Gasteiger partial charge in [-0.15, -0.1) is 0 Å². The normalized spacial score (nSPS) is 11.7. The number of rotatable bonds is 6. The summed E-state index contributed by atoms with van der Waals surface area (Å²) < 4.78 is 2.30. The van der Waals surface area contributed by atoms with Crippen LogP contribution in [0.25, 0.3) is 10.9 Å². The molecular formula is C22H24BrN3O. The molecule has 0 saturated carbocycles. The predicted molar refractivity (Wildman–Crippen MR) is 116 cm³/mol. The summed E-state index contributed by atoms with van der Waals surface area (Å²) >= 11 is 3.43. The van der Waals surface area contributed by atoms with Gasteiger partial charge in [0.15, 0.2) is 0 Å². The molecule has 0 unspecified atom stereocenters. The lowest BCUT2D eigenvalue weighted by Crippen LogP contribution is -2.22. The lowest BCUT2D eigenvalue weighted by Gasteiger charge is -2.09. The lowest BCUT2D eigenvalue weighted by atomic mass is 10.0. The van der Waals surface area contributed by atoms with Gasteiger partial charge in [-0.05, 0) is 41.7 Å². The van der Waals surface area contributed by atoms with E-state index in [1.807, 2.05) is 24.3 Å². The minimum atomic E-state index is -0.137. The molecular weight excluding hydrogens is 402 g/mol. The third kappa shape index (κ3) is 4.53. The molecule has 4 nitrogen and oxygen atoms in total. The SMILES string of the molecule is CCCCc1nc2ccc(Br)cc2c(=O)n1N=Cc1ccc(C(C)C)cc1. The van der Waals surface area contributed by atoms with Crippen molar-refractivity contribution in [2.75, 3.05) is 0 Å². The molecule has 0 amide bonds. The van der Waals surface area contributed by atoms with Crippen LogP contribution in [-0.2, 0) is 6.42 Å². The predicted octanol–water partition coefficient (Wildman–Crippen LogP) is 5.51. The Balaban J connectivity index is 2.04. The van der Waals surface area contributed by atoms with E-state index in [9.17, 15) is 4.79 Å². The number of hydrogen-bond donors (Lipinski definition) is 0. The van der Waals surface area contributed by atoms with Gasteiger partial charge in [0.1, 0.15) is 5.82 Å². The lowest BCUT2D eigenvalue weighted by molar-refractivity contribution is 0.675. The van der Waals surface area contributed by atoms with E-state index in [0.717, 1.165) is 29.3 Å². The second-order valence-electron chi connectivity index (χ2n) is 6.98. The zero-order valence-electron chi connectivity index (χ0n) is 15.9. The van der Waals surface area contributed by atoms with Crippen molar-refractivity contribution in [3.05, 3.63) is 74.2 Å². The molecule has 0 radical (unpaired) electrons. The van der Waals surface area contributed by atoms with E-state index < -0.39 is 0 Å². The first-order valence-corrected chi connectivity index (χ1v) is 10.1. The summed E-state index contributed by atoms with van der Waals surface area (Å²) in [5.74, 6) is 1.19. The highest BCUT2D eigenvalue weighted by Gasteiger charge is 2.10. The van der Waals surface area contributed by atoms with E-state index in [2.05, 4.69) is 53.9 Å². The summed E-state index contributed by atoms with van der Waals surface area (Å²) in [4.78, 5) is 17.7. The van der Waals surface area contributed by atoms with Crippen LogP contribution in [-0.4, -0.2) is 15.9 Å². The number of hydrogen-bond acceptors (Lipinski definition) is 3. The highest BCUT2D eigenvalue weighted by molar-refractivity contribution is 9.10. The Labute approximate surface area is 168 Å². The molecule has 0 saturated heterocycles. The highest BCUT2D eigenvalue weighted by atomic mass is 79.9. The fourth-order valence-electron chi connectivity index (χ4n) is 2.90. The molecule has 0 fully saturated rings. The van der Waals surface area contributed by atoms with Gasteiger partial charge < -0.3 is 0 Å². The van der Waals surface area contributed by atoms with Crippen molar-refractivity contribution in [3.63, 3.8) is 0 Å². The molecule has 0 aliphatic carbocycles. The summed E-state index contributed by atoms with van der Waals surface area (Å²) in [6.45, 7) is 6.46. The summed E-state index contributed by atoms with van der Waals surface area (Å²) in [6.07, 6.45) is 4.45. The highest BCUT2D eigenvalue weighted by Crippen LogP contribution is 2.17. The number of nitrogens with zero attached hydrogens (tertiary/aromatic N) is 3. The fraction of sp³-hybridized carbons (Fsp3) is 0.318. The third-order valence-electron chi connectivity index (χ3n) is 4.55. The summed E-state index contributed by atoms with van der Waals surface area (Å²) in [5, 5.41) is 5.05. The van der Waals surface area contributed by atoms with Crippen molar-refractivity contribution in [1.82, 2.24) is 9.66 Å². The van der Waals surface area contributed by atoms with Gasteiger partial charge in [-0.25, -0.2) is 4.98 Å². The molecule has 140 valence electrons. The molecule has 27 heavy (non-hydrogen) atoms. The Morgan fingerprint density at radius 2 is 1.93 bits per heavy atom. The van der Waals surface area contributed by atoms with Crippen molar-refractivity contribution in [3.8, 4) is 0 Å². The quantitative estimate of drug-likeness (QED) is 0.488. The standard InChI is InChI=1S/C22H24BrN3O/c1-4-5-6-21-25-20-12-11-18(23)13-19(20)22(27)26(21)24-14-16-7-9-17(10-8-16)15(2)3/h7-15H,4-6H2,1-3H3. The van der Waals surface area contributed by atoms with Crippen molar-refractivity contribution in [1.29, 1.82) is 0 Å². The number of fused-ring (bicyclic) bond motifs is 1. The zero-order chi connectivity index (χ0) is 19.4. The van der Waals surface area contributed by atoms with Gasteiger partial charge in [0.25, 0.3) is 5.56 Å². The van der Waals surface area contributed by atoms with Gasteiger partial charge in [0.05, 0.1) is 17.1 Å². The van der Waals surface area contributed by atoms with E-state index in [1.54, 1.807) is 12.3 Å². The molecule has 0 N–H and O–H groups in total. The van der Waals surface area contributed by atoms with Gasteiger partial charge in [-0.2, -0.15) is 9.78 Å². The van der Waals surface area contributed by atoms with E-state index in [-0.39, 0.29) is 5.56 Å². The zero-order valence-corrected chi connectivity index (χ0v) is 17.5. The first-order valence-electron chi connectivity index (χ1n) is 9.35. The largest absolute Gasteiger partial charge is 0.282 e. The van der Waals surface area contributed by atoms with Crippen LogP contribution in [0.3, 0.4) is 0 Å². The molecule has 1 aromatic heterocycles. The summed E-state index contributed by atoms with van der Waals surface area (Å²) in [5.41, 5.74) is 2.82. The fourth-order valence-corrected chi connectivity index (χ4v) is 3.26. The Hall–Kier alpha value is -2.27. The number of aromatic nitrogens is 2. The van der Waals surface area contributed by atoms with Crippen LogP contribution in [0.1, 0.15) is 56.5 Å². The minimum absolute atomic E-state index is 0.137. The monoisotopic (exact) mass is 425 g/mol. The van der Waals surface area contributed by atoms with Crippen molar-refractivity contribution in [2.24, 2.45) is 5.10 Å². The van der Waals surface area contributed by atoms with Gasteiger partial charge in [-0.1, -0.05) is 67.4 Å². The molecule has 1 heterocycles. The topological polar surface area (TPSA) is 47.2 Å². The van der Waals surface area contributed by atoms with Crippen LogP contribution in [0, 0.1) is 0 Å². The van der Waals surface area contributed by atoms with Crippen molar-refractivity contribution < 1.29 is 0 Å². The molecule has 0 aliphatic rings. The first kappa shape index (κ1) is 19.5. The molecule has 0 aliphatic heterocycles. The van der Waals surface area contributed by atoms with Crippen LogP contribution in [0.5, 0.6) is 0 Å². The van der Waals surface area contributed by atoms with Crippen molar-refractivity contribution >= 4 is 33.0 Å². The minimum Gasteiger partial charge on any atom is -0.267 e. The Morgan fingerprint density at radius 3 is 2.59 bits per heavy atom. The van der Waals surface area contributed by atoms with E-state index in [4.69, 9.17) is 4.98 Å². The maximum absolute atomic E-state index is 13.0. The van der Waals surface area contributed by atoms with Crippen LogP contribution in [0.2, 0.25) is 0 Å². The Morgan fingerprint density at radius 1 is 1.19 bits per heavy atom. The number of halogens is 1. The van der Waals surface area contributed by atoms with Crippen LogP contribution < -0.4 is 5.56 Å². The van der Waals surface area contributed by atoms with Crippen LogP contribution >= 0.6 is 15.9 Å². The second kappa shape index (κ2) is 8.61. The van der Waals surface area contributed by atoms with E-state index in [0.29, 0.717) is 22.6 Å². The summed E-state index contributed by atoms with van der Waals surface area (Å²) in [6, 6.07) is 13.8. The molecule has 0 spiro atoms. The average molecular weight is 426 g/mol. The maximum Gasteiger partial charge on any atom is 0.282 e. The number of benzene rings is 2. The van der Waals surface area contributed by atoms with Gasteiger partial charge in [-0.3, -0.25) is 4.79 Å². The second-order valence-corrected chi connectivity index (χ2v) is 7.89. The first-order chi connectivity index (χ1) is 13.0. The van der Waals surface area contributed by atoms with Gasteiger partial charge >= 0.3 is 0 Å². The maximum atomic E-state index is 13.0. The van der Waals surface area contributed by atoms with Crippen molar-refractivity contribution in [2.45, 2.75) is 46.0 Å². The molecule has 2 aromatic carbocycles. The van der Waals surface area contributed by atoms with Crippen LogP contribution in [0.15, 0.2) is 56.8 Å². The van der Waals surface area contributed by atoms with E-state index in [1.165, 1.54) is 10.2 Å². The molecule has 3 aromatic rings. The van der Waals surface area contributed by atoms with Gasteiger partial charge in [0.2, 0.25) is 0 Å². The number of unbranched alkanes of at least 4 members (excludes halogenated alkanes) is 1. The average Bonchev–Trinajstić information content (AvgIpc) is 2.66. The number of aryl methyl sites for hydroxylation is 1. The Kier molecular flexibility index (Phi) is 6.22. The van der Waals surface area contributed by atoms with Gasteiger partial charge in [0, 0.05) is 10.9 Å². The molecule has 0 bridgehead atoms. The third-order valence-corrected chi connectivity index (χ3v) is 5.05. The smallest absolute Gasteiger partial charge is 0.267 e. The Bertz CT molecular complexity index is 1020. The summed E-state index contributed by atoms with van der Waals surface area (Å²) in [7, 11) is 0. The molecule has 3 rings (SSSR count). The van der Waals surface area contributed by atoms with E-state index >= 15 is 0 Å².